The molecule has 0 N–H and O–H groups in total. The molecule has 0 saturated carbocycles. The highest BCUT2D eigenvalue weighted by Crippen LogP contribution is 2.50. The maximum absolute atomic E-state index is 4.20. The van der Waals surface area contributed by atoms with Crippen molar-refractivity contribution >= 4 is 44.5 Å². The van der Waals surface area contributed by atoms with Crippen LogP contribution in [0.3, 0.4) is 0 Å². The zero-order valence-corrected chi connectivity index (χ0v) is 34.1. The third-order valence-corrected chi connectivity index (χ3v) is 12.2. The Balaban J connectivity index is 0.00000215. The van der Waals surface area contributed by atoms with Crippen molar-refractivity contribution in [2.24, 2.45) is 0 Å². The van der Waals surface area contributed by atoms with Crippen molar-refractivity contribution < 1.29 is 0 Å². The van der Waals surface area contributed by atoms with E-state index >= 15 is 0 Å². The van der Waals surface area contributed by atoms with Crippen LogP contribution in [0.5, 0.6) is 0 Å². The van der Waals surface area contributed by atoms with E-state index in [1.165, 1.54) is 105 Å². The first kappa shape index (κ1) is 36.9. The van der Waals surface area contributed by atoms with Gasteiger partial charge in [-0.15, -0.1) is 0 Å². The largest absolute Gasteiger partial charge is 0.0984 e. The molecule has 0 aliphatic heterocycles. The van der Waals surface area contributed by atoms with Crippen molar-refractivity contribution in [2.75, 3.05) is 0 Å². The Hall–Kier alpha value is -6.76. The highest BCUT2D eigenvalue weighted by molar-refractivity contribution is 6.24. The molecule has 0 nitrogen and oxygen atoms in total. The van der Waals surface area contributed by atoms with Gasteiger partial charge in [-0.25, -0.2) is 0 Å². The predicted molar refractivity (Wildman–Crippen MR) is 254 cm³/mol. The molecule has 58 heavy (non-hydrogen) atoms. The second-order valence-electron chi connectivity index (χ2n) is 15.6. The van der Waals surface area contributed by atoms with Gasteiger partial charge in [0.05, 0.1) is 0 Å². The topological polar surface area (TPSA) is 0 Å². The van der Waals surface area contributed by atoms with Crippen molar-refractivity contribution in [2.45, 2.75) is 40.0 Å². The van der Waals surface area contributed by atoms with Gasteiger partial charge in [0.2, 0.25) is 0 Å². The third kappa shape index (κ3) is 5.91. The fourth-order valence-electron chi connectivity index (χ4n) is 9.45. The molecule has 0 radical (unpaired) electrons. The molecule has 1 aliphatic carbocycles. The minimum atomic E-state index is -0.0300. The molecule has 0 atom stereocenters. The molecule has 280 valence electrons. The molecule has 0 spiro atoms. The number of rotatable bonds is 6. The average molecular weight is 745 g/mol. The molecule has 0 fully saturated rings. The van der Waals surface area contributed by atoms with Crippen LogP contribution in [0, 0.1) is 0 Å². The van der Waals surface area contributed by atoms with E-state index in [4.69, 9.17) is 0 Å². The summed E-state index contributed by atoms with van der Waals surface area (Å²) in [5, 5.41) is 7.47. The number of hydrogen-bond donors (Lipinski definition) is 0. The Morgan fingerprint density at radius 2 is 0.948 bits per heavy atom. The minimum absolute atomic E-state index is 0.0300. The van der Waals surface area contributed by atoms with E-state index in [9.17, 15) is 0 Å². The van der Waals surface area contributed by atoms with Gasteiger partial charge in [0.15, 0.2) is 0 Å². The van der Waals surface area contributed by atoms with E-state index in [1.807, 2.05) is 19.9 Å². The average Bonchev–Trinajstić information content (AvgIpc) is 3.51. The lowest BCUT2D eigenvalue weighted by molar-refractivity contribution is 0.660. The van der Waals surface area contributed by atoms with Gasteiger partial charge in [-0.05, 0) is 129 Å². The third-order valence-electron chi connectivity index (χ3n) is 12.2. The molecule has 0 unspecified atom stereocenters. The first-order chi connectivity index (χ1) is 28.5. The second-order valence-corrected chi connectivity index (χ2v) is 15.6. The number of allylic oxidation sites excluding steroid dienone is 1. The summed E-state index contributed by atoms with van der Waals surface area (Å²) in [5.41, 5.74) is 17.6. The van der Waals surface area contributed by atoms with E-state index in [0.717, 1.165) is 5.56 Å². The van der Waals surface area contributed by atoms with Gasteiger partial charge in [-0.2, -0.15) is 0 Å². The van der Waals surface area contributed by atoms with Gasteiger partial charge in [-0.3, -0.25) is 0 Å². The normalized spacial score (nSPS) is 12.7. The summed E-state index contributed by atoms with van der Waals surface area (Å²) in [6.45, 7) is 15.0. The van der Waals surface area contributed by atoms with Crippen molar-refractivity contribution in [3.05, 3.63) is 205 Å². The Labute approximate surface area is 343 Å². The molecule has 9 aromatic rings. The first-order valence-electron chi connectivity index (χ1n) is 20.7. The SMILES string of the molecule is C=Cc1cccc(-c2c3ccccc3c(-c3cccc4ccccc34)c3ccc(-c4ccc(-c5ccc6c(c5)C(C)(C)c5ccccc5-6)cc4)cc23)c1/C=C\C.CC. The summed E-state index contributed by atoms with van der Waals surface area (Å²) in [5.74, 6) is 0. The van der Waals surface area contributed by atoms with Crippen LogP contribution in [0.2, 0.25) is 0 Å². The molecule has 0 heteroatoms. The number of fused-ring (bicyclic) bond motifs is 6. The maximum Gasteiger partial charge on any atom is 0.0159 e. The van der Waals surface area contributed by atoms with Crippen LogP contribution < -0.4 is 0 Å². The van der Waals surface area contributed by atoms with E-state index in [-0.39, 0.29) is 5.41 Å². The maximum atomic E-state index is 4.20. The first-order valence-corrected chi connectivity index (χ1v) is 20.7. The minimum Gasteiger partial charge on any atom is -0.0984 e. The molecule has 0 aromatic heterocycles. The summed E-state index contributed by atoms with van der Waals surface area (Å²) in [4.78, 5) is 0. The Morgan fingerprint density at radius 3 is 1.67 bits per heavy atom. The Kier molecular flexibility index (Phi) is 9.50. The van der Waals surface area contributed by atoms with Crippen LogP contribution in [0.15, 0.2) is 183 Å². The van der Waals surface area contributed by atoms with Crippen molar-refractivity contribution in [3.63, 3.8) is 0 Å². The van der Waals surface area contributed by atoms with Crippen LogP contribution in [-0.2, 0) is 5.41 Å². The quantitative estimate of drug-likeness (QED) is 0.149. The van der Waals surface area contributed by atoms with E-state index in [0.29, 0.717) is 0 Å². The van der Waals surface area contributed by atoms with Crippen LogP contribution in [-0.4, -0.2) is 0 Å². The van der Waals surface area contributed by atoms with Crippen molar-refractivity contribution in [3.8, 4) is 55.6 Å². The zero-order valence-electron chi connectivity index (χ0n) is 34.1. The van der Waals surface area contributed by atoms with Gasteiger partial charge in [-0.1, -0.05) is 210 Å². The molecule has 0 bridgehead atoms. The molecule has 0 heterocycles. The van der Waals surface area contributed by atoms with Crippen molar-refractivity contribution in [1.82, 2.24) is 0 Å². The van der Waals surface area contributed by atoms with Gasteiger partial charge in [0.25, 0.3) is 0 Å². The van der Waals surface area contributed by atoms with Crippen LogP contribution in [0.25, 0.3) is 100 Å². The lowest BCUT2D eigenvalue weighted by Crippen LogP contribution is -2.14. The van der Waals surface area contributed by atoms with Crippen molar-refractivity contribution in [1.29, 1.82) is 0 Å². The smallest absolute Gasteiger partial charge is 0.0159 e. The van der Waals surface area contributed by atoms with E-state index in [1.54, 1.807) is 0 Å². The summed E-state index contributed by atoms with van der Waals surface area (Å²) in [7, 11) is 0. The zero-order chi connectivity index (χ0) is 40.0. The lowest BCUT2D eigenvalue weighted by atomic mass is 9.81. The fourth-order valence-corrected chi connectivity index (χ4v) is 9.45. The molecule has 0 saturated heterocycles. The highest BCUT2D eigenvalue weighted by Gasteiger charge is 2.35. The molecule has 10 rings (SSSR count). The summed E-state index contributed by atoms with van der Waals surface area (Å²) in [6, 6.07) is 63.1. The molecular weight excluding hydrogens is 697 g/mol. The van der Waals surface area contributed by atoms with Gasteiger partial charge >= 0.3 is 0 Å². The van der Waals surface area contributed by atoms with E-state index < -0.39 is 0 Å². The second kappa shape index (κ2) is 15.0. The number of benzene rings is 9. The van der Waals surface area contributed by atoms with Crippen LogP contribution in [0.4, 0.5) is 0 Å². The van der Waals surface area contributed by atoms with Gasteiger partial charge in [0, 0.05) is 5.41 Å². The molecule has 9 aromatic carbocycles. The molecular formula is C58H48. The Bertz CT molecular complexity index is 3050. The predicted octanol–water partition coefficient (Wildman–Crippen LogP) is 16.8. The molecule has 1 aliphatic rings. The monoisotopic (exact) mass is 744 g/mol. The van der Waals surface area contributed by atoms with Gasteiger partial charge in [0.1, 0.15) is 0 Å². The standard InChI is InChI=1S/C56H42.C2H6/c1-5-15-42-36(6-2)17-13-23-46(42)55-49-22-10-9-21-48(49)54(47-24-14-18-39-16-7-8-19-43(39)47)50-33-31-40(34-51(50)55)37-26-28-38(29-27-37)41-30-32-45-44-20-11-12-25-52(44)56(3,4)53(45)35-41;1-2/h5-35H,2H2,1,3-4H3;1-2H3/b15-5-;. The summed E-state index contributed by atoms with van der Waals surface area (Å²) in [6.07, 6.45) is 6.34. The number of hydrogen-bond acceptors (Lipinski definition) is 0. The fraction of sp³-hybridized carbons (Fsp3) is 0.103. The van der Waals surface area contributed by atoms with Crippen LogP contribution in [0.1, 0.15) is 56.9 Å². The highest BCUT2D eigenvalue weighted by atomic mass is 14.4. The van der Waals surface area contributed by atoms with Gasteiger partial charge < -0.3 is 0 Å². The van der Waals surface area contributed by atoms with Crippen LogP contribution >= 0.6 is 0 Å². The van der Waals surface area contributed by atoms with E-state index in [2.05, 4.69) is 209 Å². The Morgan fingerprint density at radius 1 is 0.431 bits per heavy atom. The summed E-state index contributed by atoms with van der Waals surface area (Å²) < 4.78 is 0. The summed E-state index contributed by atoms with van der Waals surface area (Å²) >= 11 is 0. The molecule has 0 amide bonds. The lowest BCUT2D eigenvalue weighted by Gasteiger charge is -2.22.